The van der Waals surface area contributed by atoms with Crippen LogP contribution >= 0.6 is 15.9 Å². The van der Waals surface area contributed by atoms with Crippen LogP contribution in [0.25, 0.3) is 0 Å². The van der Waals surface area contributed by atoms with E-state index < -0.39 is 0 Å². The van der Waals surface area contributed by atoms with Crippen LogP contribution in [-0.2, 0) is 0 Å². The monoisotopic (exact) mass is 344 g/mol. The van der Waals surface area contributed by atoms with E-state index in [0.717, 1.165) is 0 Å². The van der Waals surface area contributed by atoms with Gasteiger partial charge in [0.2, 0.25) is 6.79 Å². The van der Waals surface area contributed by atoms with E-state index in [4.69, 9.17) is 14.7 Å². The number of carbonyl (C=O) groups is 1. The van der Waals surface area contributed by atoms with Gasteiger partial charge in [-0.3, -0.25) is 4.79 Å². The SMILES string of the molecule is N#Cc1ccc(NC(=O)c2cccc3c2OCO3)c(Br)c1. The summed E-state index contributed by atoms with van der Waals surface area (Å²) in [4.78, 5) is 12.3. The largest absolute Gasteiger partial charge is 0.454 e. The van der Waals surface area contributed by atoms with Crippen molar-refractivity contribution in [1.29, 1.82) is 5.26 Å². The summed E-state index contributed by atoms with van der Waals surface area (Å²) in [6.07, 6.45) is 0. The number of nitriles is 1. The summed E-state index contributed by atoms with van der Waals surface area (Å²) in [5.74, 6) is 0.698. The zero-order valence-electron chi connectivity index (χ0n) is 10.7. The molecule has 6 heteroatoms. The van der Waals surface area contributed by atoms with Crippen LogP contribution in [0.5, 0.6) is 11.5 Å². The molecule has 0 saturated heterocycles. The van der Waals surface area contributed by atoms with Crippen molar-refractivity contribution < 1.29 is 14.3 Å². The van der Waals surface area contributed by atoms with E-state index in [1.54, 1.807) is 36.4 Å². The highest BCUT2D eigenvalue weighted by molar-refractivity contribution is 9.10. The highest BCUT2D eigenvalue weighted by Crippen LogP contribution is 2.36. The van der Waals surface area contributed by atoms with E-state index in [2.05, 4.69) is 21.2 Å². The van der Waals surface area contributed by atoms with Crippen LogP contribution in [0.15, 0.2) is 40.9 Å². The molecule has 5 nitrogen and oxygen atoms in total. The van der Waals surface area contributed by atoms with Crippen LogP contribution in [-0.4, -0.2) is 12.7 Å². The fourth-order valence-corrected chi connectivity index (χ4v) is 2.46. The second kappa shape index (κ2) is 5.46. The number of benzene rings is 2. The Morgan fingerprint density at radius 1 is 1.29 bits per heavy atom. The summed E-state index contributed by atoms with van der Waals surface area (Å²) in [5.41, 5.74) is 1.49. The summed E-state index contributed by atoms with van der Waals surface area (Å²) in [6, 6.07) is 12.1. The Labute approximate surface area is 129 Å². The normalized spacial score (nSPS) is 11.8. The molecule has 1 amide bonds. The summed E-state index contributed by atoms with van der Waals surface area (Å²) in [5, 5.41) is 11.6. The zero-order chi connectivity index (χ0) is 14.8. The van der Waals surface area contributed by atoms with E-state index in [1.165, 1.54) is 0 Å². The second-order valence-corrected chi connectivity index (χ2v) is 5.15. The van der Waals surface area contributed by atoms with Gasteiger partial charge in [-0.25, -0.2) is 0 Å². The predicted molar refractivity (Wildman–Crippen MR) is 79.4 cm³/mol. The van der Waals surface area contributed by atoms with Gasteiger partial charge in [0, 0.05) is 4.47 Å². The molecule has 1 aliphatic rings. The molecule has 1 aliphatic heterocycles. The molecule has 21 heavy (non-hydrogen) atoms. The number of hydrogen-bond acceptors (Lipinski definition) is 4. The lowest BCUT2D eigenvalue weighted by Crippen LogP contribution is -2.13. The van der Waals surface area contributed by atoms with Crippen LogP contribution in [0.1, 0.15) is 15.9 Å². The molecular weight excluding hydrogens is 336 g/mol. The van der Waals surface area contributed by atoms with E-state index in [9.17, 15) is 4.79 Å². The van der Waals surface area contributed by atoms with Crippen LogP contribution in [0, 0.1) is 11.3 Å². The van der Waals surface area contributed by atoms with E-state index in [-0.39, 0.29) is 12.7 Å². The van der Waals surface area contributed by atoms with Crippen LogP contribution in [0.3, 0.4) is 0 Å². The standard InChI is InChI=1S/C15H9BrN2O3/c16-11-6-9(7-17)4-5-12(11)18-15(19)10-2-1-3-13-14(10)21-8-20-13/h1-6H,8H2,(H,18,19). The number of anilines is 1. The molecular formula is C15H9BrN2O3. The van der Waals surface area contributed by atoms with Gasteiger partial charge in [-0.2, -0.15) is 5.26 Å². The maximum Gasteiger partial charge on any atom is 0.259 e. The maximum absolute atomic E-state index is 12.3. The molecule has 104 valence electrons. The Bertz CT molecular complexity index is 768. The molecule has 0 saturated carbocycles. The predicted octanol–water partition coefficient (Wildman–Crippen LogP) is 3.30. The Morgan fingerprint density at radius 3 is 2.90 bits per heavy atom. The average Bonchev–Trinajstić information content (AvgIpc) is 2.97. The topological polar surface area (TPSA) is 71.4 Å². The number of nitrogens with one attached hydrogen (secondary N) is 1. The molecule has 0 atom stereocenters. The zero-order valence-corrected chi connectivity index (χ0v) is 12.3. The first-order chi connectivity index (χ1) is 10.2. The number of para-hydroxylation sites is 1. The van der Waals surface area contributed by atoms with Crippen LogP contribution in [0.4, 0.5) is 5.69 Å². The minimum Gasteiger partial charge on any atom is -0.454 e. The van der Waals surface area contributed by atoms with Gasteiger partial charge in [0.15, 0.2) is 11.5 Å². The molecule has 2 aromatic carbocycles. The van der Waals surface area contributed by atoms with Crippen molar-refractivity contribution in [1.82, 2.24) is 0 Å². The molecule has 2 aromatic rings. The van der Waals surface area contributed by atoms with Gasteiger partial charge >= 0.3 is 0 Å². The number of amides is 1. The highest BCUT2D eigenvalue weighted by Gasteiger charge is 2.22. The van der Waals surface area contributed by atoms with Crippen molar-refractivity contribution >= 4 is 27.5 Å². The lowest BCUT2D eigenvalue weighted by Gasteiger charge is -2.09. The van der Waals surface area contributed by atoms with Gasteiger partial charge < -0.3 is 14.8 Å². The fraction of sp³-hybridized carbons (Fsp3) is 0.0667. The fourth-order valence-electron chi connectivity index (χ4n) is 1.98. The van der Waals surface area contributed by atoms with Crippen molar-refractivity contribution in [2.45, 2.75) is 0 Å². The van der Waals surface area contributed by atoms with Gasteiger partial charge in [-0.05, 0) is 46.3 Å². The Kier molecular flexibility index (Phi) is 3.50. The minimum absolute atomic E-state index is 0.111. The van der Waals surface area contributed by atoms with Crippen molar-refractivity contribution in [3.63, 3.8) is 0 Å². The first-order valence-corrected chi connectivity index (χ1v) is 6.88. The molecule has 0 aliphatic carbocycles. The molecule has 1 N–H and O–H groups in total. The maximum atomic E-state index is 12.3. The average molecular weight is 345 g/mol. The number of hydrogen-bond donors (Lipinski definition) is 1. The Morgan fingerprint density at radius 2 is 2.14 bits per heavy atom. The van der Waals surface area contributed by atoms with Crippen LogP contribution in [0.2, 0.25) is 0 Å². The van der Waals surface area contributed by atoms with Gasteiger partial charge in [0.25, 0.3) is 5.91 Å². The molecule has 0 bridgehead atoms. The molecule has 3 rings (SSSR count). The third-order valence-corrected chi connectivity index (χ3v) is 3.64. The first kappa shape index (κ1) is 13.5. The summed E-state index contributed by atoms with van der Waals surface area (Å²) >= 11 is 3.33. The third kappa shape index (κ3) is 2.56. The molecule has 0 radical (unpaired) electrons. The molecule has 0 unspecified atom stereocenters. The number of nitrogens with zero attached hydrogens (tertiary/aromatic N) is 1. The number of halogens is 1. The number of ether oxygens (including phenoxy) is 2. The van der Waals surface area contributed by atoms with Gasteiger partial charge in [0.05, 0.1) is 22.9 Å². The van der Waals surface area contributed by atoms with Crippen molar-refractivity contribution in [3.8, 4) is 17.6 Å². The Hall–Kier alpha value is -2.52. The van der Waals surface area contributed by atoms with Crippen LogP contribution < -0.4 is 14.8 Å². The highest BCUT2D eigenvalue weighted by atomic mass is 79.9. The molecule has 1 heterocycles. The third-order valence-electron chi connectivity index (χ3n) is 2.99. The quantitative estimate of drug-likeness (QED) is 0.907. The summed E-state index contributed by atoms with van der Waals surface area (Å²) in [7, 11) is 0. The van der Waals surface area contributed by atoms with Gasteiger partial charge in [0.1, 0.15) is 0 Å². The van der Waals surface area contributed by atoms with E-state index in [1.807, 2.05) is 6.07 Å². The molecule has 0 fully saturated rings. The Balaban J connectivity index is 1.88. The second-order valence-electron chi connectivity index (χ2n) is 4.30. The lowest BCUT2D eigenvalue weighted by atomic mass is 10.1. The first-order valence-electron chi connectivity index (χ1n) is 6.08. The number of carbonyl (C=O) groups excluding carboxylic acids is 1. The van der Waals surface area contributed by atoms with E-state index in [0.29, 0.717) is 32.8 Å². The molecule has 0 spiro atoms. The van der Waals surface area contributed by atoms with Gasteiger partial charge in [-0.15, -0.1) is 0 Å². The minimum atomic E-state index is -0.303. The van der Waals surface area contributed by atoms with Gasteiger partial charge in [-0.1, -0.05) is 6.07 Å². The van der Waals surface area contributed by atoms with Crippen molar-refractivity contribution in [2.24, 2.45) is 0 Å². The van der Waals surface area contributed by atoms with E-state index >= 15 is 0 Å². The van der Waals surface area contributed by atoms with Crippen molar-refractivity contribution in [2.75, 3.05) is 12.1 Å². The number of fused-ring (bicyclic) bond motifs is 1. The van der Waals surface area contributed by atoms with Crippen molar-refractivity contribution in [3.05, 3.63) is 52.0 Å². The number of rotatable bonds is 2. The lowest BCUT2D eigenvalue weighted by molar-refractivity contribution is 0.102. The summed E-state index contributed by atoms with van der Waals surface area (Å²) < 4.78 is 11.2. The smallest absolute Gasteiger partial charge is 0.259 e. The summed E-state index contributed by atoms with van der Waals surface area (Å²) in [6.45, 7) is 0.111. The molecule has 0 aromatic heterocycles.